The Labute approximate surface area is 124 Å². The van der Waals surface area contributed by atoms with Crippen LogP contribution in [0.3, 0.4) is 0 Å². The van der Waals surface area contributed by atoms with Gasteiger partial charge in [-0.05, 0) is 53.8 Å². The monoisotopic (exact) mass is 282 g/mol. The summed E-state index contributed by atoms with van der Waals surface area (Å²) in [5.74, 6) is 0. The molecule has 0 bridgehead atoms. The fourth-order valence-electron chi connectivity index (χ4n) is 2.75. The molecule has 0 radical (unpaired) electrons. The molecule has 1 aliphatic rings. The van der Waals surface area contributed by atoms with E-state index in [0.29, 0.717) is 12.5 Å². The predicted octanol–water partition coefficient (Wildman–Crippen LogP) is 4.51. The second-order valence-electron chi connectivity index (χ2n) is 5.11. The molecule has 3 heteroatoms. The molecule has 0 amide bonds. The van der Waals surface area contributed by atoms with Crippen LogP contribution in [0.4, 0.5) is 5.69 Å². The smallest absolute Gasteiger partial charge is 0.0669 e. The third kappa shape index (κ3) is 2.64. The van der Waals surface area contributed by atoms with E-state index in [0.717, 1.165) is 29.1 Å². The average Bonchev–Trinajstić information content (AvgIpc) is 2.83. The molecule has 2 aromatic carbocycles. The molecule has 0 spiro atoms. The van der Waals surface area contributed by atoms with Gasteiger partial charge in [0.15, 0.2) is 0 Å². The SMILES string of the molecule is N#CCc1ccc(NC2CCc3cc(Cl)ccc32)cc1. The van der Waals surface area contributed by atoms with E-state index in [1.165, 1.54) is 11.1 Å². The molecule has 0 fully saturated rings. The van der Waals surface area contributed by atoms with Crippen LogP contribution in [0.2, 0.25) is 5.02 Å². The normalized spacial score (nSPS) is 16.5. The highest BCUT2D eigenvalue weighted by molar-refractivity contribution is 6.30. The molecular weight excluding hydrogens is 268 g/mol. The molecule has 1 N–H and O–H groups in total. The maximum Gasteiger partial charge on any atom is 0.0669 e. The van der Waals surface area contributed by atoms with Gasteiger partial charge in [-0.1, -0.05) is 29.8 Å². The lowest BCUT2D eigenvalue weighted by Gasteiger charge is -2.16. The van der Waals surface area contributed by atoms with Crippen LogP contribution in [0.25, 0.3) is 0 Å². The summed E-state index contributed by atoms with van der Waals surface area (Å²) >= 11 is 6.03. The molecule has 0 saturated heterocycles. The van der Waals surface area contributed by atoms with Gasteiger partial charge < -0.3 is 5.32 Å². The van der Waals surface area contributed by atoms with Gasteiger partial charge in [0.1, 0.15) is 0 Å². The summed E-state index contributed by atoms with van der Waals surface area (Å²) < 4.78 is 0. The minimum Gasteiger partial charge on any atom is -0.378 e. The lowest BCUT2D eigenvalue weighted by molar-refractivity contribution is 0.762. The van der Waals surface area contributed by atoms with Crippen LogP contribution < -0.4 is 5.32 Å². The van der Waals surface area contributed by atoms with Gasteiger partial charge in [0, 0.05) is 10.7 Å². The molecule has 0 aromatic heterocycles. The standard InChI is InChI=1S/C17H15ClN2/c18-14-4-7-16-13(11-14)3-8-17(16)20-15-5-1-12(2-6-15)9-10-19/h1-2,4-7,11,17,20H,3,8-9H2. The molecule has 1 unspecified atom stereocenters. The Hall–Kier alpha value is -1.98. The molecule has 2 nitrogen and oxygen atoms in total. The third-order valence-electron chi connectivity index (χ3n) is 3.76. The number of nitriles is 1. The summed E-state index contributed by atoms with van der Waals surface area (Å²) in [6.45, 7) is 0. The van der Waals surface area contributed by atoms with E-state index in [4.69, 9.17) is 16.9 Å². The topological polar surface area (TPSA) is 35.8 Å². The first-order valence-electron chi connectivity index (χ1n) is 6.77. The lowest BCUT2D eigenvalue weighted by atomic mass is 10.1. The Balaban J connectivity index is 1.75. The van der Waals surface area contributed by atoms with Crippen LogP contribution in [0.15, 0.2) is 42.5 Å². The van der Waals surface area contributed by atoms with Crippen molar-refractivity contribution in [3.63, 3.8) is 0 Å². The van der Waals surface area contributed by atoms with Crippen molar-refractivity contribution in [2.24, 2.45) is 0 Å². The Morgan fingerprint density at radius 2 is 2.00 bits per heavy atom. The van der Waals surface area contributed by atoms with Crippen molar-refractivity contribution >= 4 is 17.3 Å². The Morgan fingerprint density at radius 3 is 2.75 bits per heavy atom. The van der Waals surface area contributed by atoms with Gasteiger partial charge in [-0.3, -0.25) is 0 Å². The van der Waals surface area contributed by atoms with Crippen molar-refractivity contribution in [3.05, 3.63) is 64.2 Å². The molecule has 1 atom stereocenters. The quantitative estimate of drug-likeness (QED) is 0.899. The number of nitrogens with one attached hydrogen (secondary N) is 1. The zero-order valence-electron chi connectivity index (χ0n) is 11.1. The summed E-state index contributed by atoms with van der Waals surface area (Å²) in [5.41, 5.74) is 4.84. The molecule has 0 saturated carbocycles. The number of aryl methyl sites for hydroxylation is 1. The second-order valence-corrected chi connectivity index (χ2v) is 5.55. The van der Waals surface area contributed by atoms with Crippen LogP contribution in [-0.4, -0.2) is 0 Å². The average molecular weight is 283 g/mol. The lowest BCUT2D eigenvalue weighted by Crippen LogP contribution is -2.06. The number of hydrogen-bond acceptors (Lipinski definition) is 2. The maximum absolute atomic E-state index is 8.67. The highest BCUT2D eigenvalue weighted by Crippen LogP contribution is 2.35. The largest absolute Gasteiger partial charge is 0.378 e. The van der Waals surface area contributed by atoms with Crippen LogP contribution in [0.1, 0.15) is 29.2 Å². The molecule has 100 valence electrons. The molecule has 20 heavy (non-hydrogen) atoms. The third-order valence-corrected chi connectivity index (χ3v) is 4.00. The fraction of sp³-hybridized carbons (Fsp3) is 0.235. The highest BCUT2D eigenvalue weighted by atomic mass is 35.5. The van der Waals surface area contributed by atoms with E-state index >= 15 is 0 Å². The van der Waals surface area contributed by atoms with Crippen molar-refractivity contribution in [2.45, 2.75) is 25.3 Å². The Morgan fingerprint density at radius 1 is 1.20 bits per heavy atom. The number of rotatable bonds is 3. The van der Waals surface area contributed by atoms with Gasteiger partial charge in [0.05, 0.1) is 18.5 Å². The number of nitrogens with zero attached hydrogens (tertiary/aromatic N) is 1. The van der Waals surface area contributed by atoms with Crippen molar-refractivity contribution < 1.29 is 0 Å². The zero-order valence-corrected chi connectivity index (χ0v) is 11.8. The maximum atomic E-state index is 8.67. The summed E-state index contributed by atoms with van der Waals surface area (Å²) in [6, 6.07) is 16.7. The first kappa shape index (κ1) is 13.0. The van der Waals surface area contributed by atoms with E-state index in [-0.39, 0.29) is 0 Å². The molecule has 2 aromatic rings. The van der Waals surface area contributed by atoms with E-state index in [1.54, 1.807) is 0 Å². The summed E-state index contributed by atoms with van der Waals surface area (Å²) in [5, 5.41) is 13.0. The number of benzene rings is 2. The van der Waals surface area contributed by atoms with Gasteiger partial charge in [-0.15, -0.1) is 0 Å². The summed E-state index contributed by atoms with van der Waals surface area (Å²) in [6.07, 6.45) is 2.63. The number of anilines is 1. The fourth-order valence-corrected chi connectivity index (χ4v) is 2.94. The Kier molecular flexibility index (Phi) is 3.62. The van der Waals surface area contributed by atoms with E-state index in [2.05, 4.69) is 23.5 Å². The van der Waals surface area contributed by atoms with Crippen molar-refractivity contribution in [2.75, 3.05) is 5.32 Å². The zero-order chi connectivity index (χ0) is 13.9. The van der Waals surface area contributed by atoms with Crippen molar-refractivity contribution in [3.8, 4) is 6.07 Å². The predicted molar refractivity (Wildman–Crippen MR) is 81.9 cm³/mol. The van der Waals surface area contributed by atoms with Gasteiger partial charge >= 0.3 is 0 Å². The van der Waals surface area contributed by atoms with Crippen LogP contribution in [0, 0.1) is 11.3 Å². The highest BCUT2D eigenvalue weighted by Gasteiger charge is 2.22. The Bertz CT molecular complexity index is 656. The molecular formula is C17H15ClN2. The van der Waals surface area contributed by atoms with E-state index < -0.39 is 0 Å². The van der Waals surface area contributed by atoms with E-state index in [1.807, 2.05) is 30.3 Å². The number of halogens is 1. The van der Waals surface area contributed by atoms with Gasteiger partial charge in [-0.25, -0.2) is 0 Å². The van der Waals surface area contributed by atoms with Gasteiger partial charge in [0.25, 0.3) is 0 Å². The van der Waals surface area contributed by atoms with Crippen molar-refractivity contribution in [1.82, 2.24) is 0 Å². The second kappa shape index (κ2) is 5.56. The number of fused-ring (bicyclic) bond motifs is 1. The minimum absolute atomic E-state index is 0.351. The van der Waals surface area contributed by atoms with Gasteiger partial charge in [-0.2, -0.15) is 5.26 Å². The minimum atomic E-state index is 0.351. The van der Waals surface area contributed by atoms with Crippen LogP contribution in [0.5, 0.6) is 0 Å². The first-order valence-corrected chi connectivity index (χ1v) is 7.15. The van der Waals surface area contributed by atoms with Crippen molar-refractivity contribution in [1.29, 1.82) is 5.26 Å². The number of hydrogen-bond donors (Lipinski definition) is 1. The molecule has 3 rings (SSSR count). The summed E-state index contributed by atoms with van der Waals surface area (Å²) in [7, 11) is 0. The molecule has 0 heterocycles. The van der Waals surface area contributed by atoms with E-state index in [9.17, 15) is 0 Å². The molecule has 1 aliphatic carbocycles. The summed E-state index contributed by atoms with van der Waals surface area (Å²) in [4.78, 5) is 0. The molecule has 0 aliphatic heterocycles. The van der Waals surface area contributed by atoms with Crippen LogP contribution >= 0.6 is 11.6 Å². The van der Waals surface area contributed by atoms with Crippen LogP contribution in [-0.2, 0) is 12.8 Å². The van der Waals surface area contributed by atoms with Gasteiger partial charge in [0.2, 0.25) is 0 Å². The first-order chi connectivity index (χ1) is 9.76.